The molecule has 0 spiro atoms. The molecule has 0 unspecified atom stereocenters. The number of nitrogens with zero attached hydrogens (tertiary/aromatic N) is 1. The minimum absolute atomic E-state index is 0.208. The maximum absolute atomic E-state index is 13.3. The zero-order valence-corrected chi connectivity index (χ0v) is 10.5. The van der Waals surface area contributed by atoms with Gasteiger partial charge in [-0.05, 0) is 26.0 Å². The number of benzene rings is 1. The fourth-order valence-electron chi connectivity index (χ4n) is 1.40. The molecule has 0 heterocycles. The fourth-order valence-corrected chi connectivity index (χ4v) is 2.26. The molecule has 1 aromatic rings. The Morgan fingerprint density at radius 3 is 2.50 bits per heavy atom. The number of halogens is 1. The lowest BCUT2D eigenvalue weighted by Gasteiger charge is -2.21. The van der Waals surface area contributed by atoms with E-state index in [2.05, 4.69) is 0 Å². The SMILES string of the molecule is CCN(CC)C(=N)CSc1ccccc1F. The van der Waals surface area contributed by atoms with Gasteiger partial charge in [0, 0.05) is 18.0 Å². The Bertz CT molecular complexity index is 351. The van der Waals surface area contributed by atoms with Gasteiger partial charge >= 0.3 is 0 Å². The quantitative estimate of drug-likeness (QED) is 0.486. The highest BCUT2D eigenvalue weighted by Gasteiger charge is 2.07. The Labute approximate surface area is 100 Å². The molecule has 1 aromatic carbocycles. The van der Waals surface area contributed by atoms with Crippen LogP contribution in [0.2, 0.25) is 0 Å². The van der Waals surface area contributed by atoms with Gasteiger partial charge in [-0.3, -0.25) is 5.41 Å². The topological polar surface area (TPSA) is 27.1 Å². The van der Waals surface area contributed by atoms with E-state index in [9.17, 15) is 4.39 Å². The van der Waals surface area contributed by atoms with Crippen molar-refractivity contribution >= 4 is 17.6 Å². The van der Waals surface area contributed by atoms with Gasteiger partial charge in [-0.2, -0.15) is 0 Å². The van der Waals surface area contributed by atoms with Crippen molar-refractivity contribution in [1.82, 2.24) is 4.90 Å². The maximum Gasteiger partial charge on any atom is 0.136 e. The van der Waals surface area contributed by atoms with Crippen LogP contribution in [0, 0.1) is 11.2 Å². The molecule has 1 N–H and O–H groups in total. The van der Waals surface area contributed by atoms with E-state index in [0.717, 1.165) is 13.1 Å². The lowest BCUT2D eigenvalue weighted by molar-refractivity contribution is 0.461. The lowest BCUT2D eigenvalue weighted by atomic mass is 10.3. The summed E-state index contributed by atoms with van der Waals surface area (Å²) in [6, 6.07) is 6.68. The van der Waals surface area contributed by atoms with Gasteiger partial charge in [0.2, 0.25) is 0 Å². The minimum atomic E-state index is -0.208. The molecular formula is C12H17FN2S. The molecule has 0 aromatic heterocycles. The first-order chi connectivity index (χ1) is 7.69. The highest BCUT2D eigenvalue weighted by atomic mass is 32.2. The summed E-state index contributed by atoms with van der Waals surface area (Å²) < 4.78 is 13.3. The van der Waals surface area contributed by atoms with Crippen molar-refractivity contribution in [3.63, 3.8) is 0 Å². The predicted octanol–water partition coefficient (Wildman–Crippen LogP) is 3.24. The van der Waals surface area contributed by atoms with Crippen LogP contribution in [-0.4, -0.2) is 29.6 Å². The van der Waals surface area contributed by atoms with Gasteiger partial charge in [0.25, 0.3) is 0 Å². The van der Waals surface area contributed by atoms with Crippen molar-refractivity contribution in [3.8, 4) is 0 Å². The Morgan fingerprint density at radius 1 is 1.31 bits per heavy atom. The van der Waals surface area contributed by atoms with Crippen LogP contribution in [0.3, 0.4) is 0 Å². The number of rotatable bonds is 5. The molecule has 1 rings (SSSR count). The molecule has 0 atom stereocenters. The van der Waals surface area contributed by atoms with Gasteiger partial charge in [0.05, 0.1) is 5.75 Å². The van der Waals surface area contributed by atoms with Crippen LogP contribution in [0.4, 0.5) is 4.39 Å². The standard InChI is InChI=1S/C12H17FN2S/c1-3-15(4-2)12(14)9-16-11-8-6-5-7-10(11)13/h5-8,14H,3-4,9H2,1-2H3. The molecule has 4 heteroatoms. The van der Waals surface area contributed by atoms with E-state index in [4.69, 9.17) is 5.41 Å². The van der Waals surface area contributed by atoms with E-state index in [1.54, 1.807) is 12.1 Å². The van der Waals surface area contributed by atoms with Crippen molar-refractivity contribution in [2.75, 3.05) is 18.8 Å². The number of thioether (sulfide) groups is 1. The van der Waals surface area contributed by atoms with Crippen LogP contribution in [0.15, 0.2) is 29.2 Å². The van der Waals surface area contributed by atoms with E-state index >= 15 is 0 Å². The highest BCUT2D eigenvalue weighted by Crippen LogP contribution is 2.21. The third-order valence-electron chi connectivity index (χ3n) is 2.35. The van der Waals surface area contributed by atoms with Crippen LogP contribution < -0.4 is 0 Å². The summed E-state index contributed by atoms with van der Waals surface area (Å²) in [7, 11) is 0. The molecule has 0 aliphatic carbocycles. The summed E-state index contributed by atoms with van der Waals surface area (Å²) >= 11 is 1.37. The molecule has 0 aliphatic rings. The van der Waals surface area contributed by atoms with Crippen molar-refractivity contribution < 1.29 is 4.39 Å². The second-order valence-corrected chi connectivity index (χ2v) is 4.36. The average Bonchev–Trinajstić information content (AvgIpc) is 2.29. The normalized spacial score (nSPS) is 10.2. The summed E-state index contributed by atoms with van der Waals surface area (Å²) in [6.45, 7) is 5.69. The summed E-state index contributed by atoms with van der Waals surface area (Å²) in [5, 5.41) is 7.85. The largest absolute Gasteiger partial charge is 0.360 e. The minimum Gasteiger partial charge on any atom is -0.360 e. The molecule has 0 amide bonds. The Kier molecular flexibility index (Phi) is 5.32. The van der Waals surface area contributed by atoms with E-state index in [0.29, 0.717) is 16.5 Å². The molecular weight excluding hydrogens is 223 g/mol. The number of nitrogens with one attached hydrogen (secondary N) is 1. The number of amidine groups is 1. The van der Waals surface area contributed by atoms with Crippen LogP contribution in [0.25, 0.3) is 0 Å². The monoisotopic (exact) mass is 240 g/mol. The maximum atomic E-state index is 13.3. The first kappa shape index (κ1) is 13.0. The fraction of sp³-hybridized carbons (Fsp3) is 0.417. The molecule has 88 valence electrons. The Balaban J connectivity index is 2.52. The molecule has 0 aliphatic heterocycles. The van der Waals surface area contributed by atoms with Crippen LogP contribution in [-0.2, 0) is 0 Å². The second kappa shape index (κ2) is 6.53. The third-order valence-corrected chi connectivity index (χ3v) is 3.41. The van der Waals surface area contributed by atoms with Crippen molar-refractivity contribution in [3.05, 3.63) is 30.1 Å². The average molecular weight is 240 g/mol. The Hall–Kier alpha value is -1.03. The lowest BCUT2D eigenvalue weighted by Crippen LogP contribution is -2.31. The summed E-state index contributed by atoms with van der Waals surface area (Å²) in [5.74, 6) is 0.862. The van der Waals surface area contributed by atoms with Crippen LogP contribution in [0.5, 0.6) is 0 Å². The van der Waals surface area contributed by atoms with Gasteiger partial charge in [-0.1, -0.05) is 12.1 Å². The van der Waals surface area contributed by atoms with E-state index < -0.39 is 0 Å². The van der Waals surface area contributed by atoms with Gasteiger partial charge in [-0.15, -0.1) is 11.8 Å². The molecule has 0 radical (unpaired) electrons. The molecule has 0 fully saturated rings. The van der Waals surface area contributed by atoms with E-state index in [1.807, 2.05) is 24.8 Å². The predicted molar refractivity (Wildman–Crippen MR) is 67.8 cm³/mol. The zero-order chi connectivity index (χ0) is 12.0. The molecule has 0 saturated heterocycles. The zero-order valence-electron chi connectivity index (χ0n) is 9.66. The summed E-state index contributed by atoms with van der Waals surface area (Å²) in [5.41, 5.74) is 0. The van der Waals surface area contributed by atoms with Crippen LogP contribution in [0.1, 0.15) is 13.8 Å². The van der Waals surface area contributed by atoms with Gasteiger partial charge < -0.3 is 4.90 Å². The number of hydrogen-bond acceptors (Lipinski definition) is 2. The van der Waals surface area contributed by atoms with Crippen LogP contribution >= 0.6 is 11.8 Å². The van der Waals surface area contributed by atoms with Gasteiger partial charge in [-0.25, -0.2) is 4.39 Å². The van der Waals surface area contributed by atoms with E-state index in [-0.39, 0.29) is 5.82 Å². The van der Waals surface area contributed by atoms with Crippen molar-refractivity contribution in [2.24, 2.45) is 0 Å². The van der Waals surface area contributed by atoms with E-state index in [1.165, 1.54) is 17.8 Å². The first-order valence-corrected chi connectivity index (χ1v) is 6.37. The third kappa shape index (κ3) is 3.52. The highest BCUT2D eigenvalue weighted by molar-refractivity contribution is 8.00. The summed E-state index contributed by atoms with van der Waals surface area (Å²) in [6.07, 6.45) is 0. The molecule has 2 nitrogen and oxygen atoms in total. The molecule has 0 bridgehead atoms. The van der Waals surface area contributed by atoms with Crippen molar-refractivity contribution in [2.45, 2.75) is 18.7 Å². The Morgan fingerprint density at radius 2 is 1.94 bits per heavy atom. The summed E-state index contributed by atoms with van der Waals surface area (Å²) in [4.78, 5) is 2.58. The second-order valence-electron chi connectivity index (χ2n) is 3.34. The smallest absolute Gasteiger partial charge is 0.136 e. The molecule has 16 heavy (non-hydrogen) atoms. The molecule has 0 saturated carbocycles. The first-order valence-electron chi connectivity index (χ1n) is 5.38. The van der Waals surface area contributed by atoms with Gasteiger partial charge in [0.1, 0.15) is 11.7 Å². The van der Waals surface area contributed by atoms with Gasteiger partial charge in [0.15, 0.2) is 0 Å². The number of hydrogen-bond donors (Lipinski definition) is 1. The van der Waals surface area contributed by atoms with Crippen molar-refractivity contribution in [1.29, 1.82) is 5.41 Å².